The molecule has 0 bridgehead atoms. The third kappa shape index (κ3) is 4.76. The first-order valence-electron chi connectivity index (χ1n) is 11.8. The van der Waals surface area contributed by atoms with Gasteiger partial charge in [0.2, 0.25) is 0 Å². The SMILES string of the molecule is COc1ccccc1CC[C@H]1CN(S2=c3sc(C(C)C)cc3=CNc3ccccc32)CCN1. The summed E-state index contributed by atoms with van der Waals surface area (Å²) in [7, 11) is 1.69. The van der Waals surface area contributed by atoms with Crippen molar-refractivity contribution in [3.63, 3.8) is 0 Å². The summed E-state index contributed by atoms with van der Waals surface area (Å²) in [4.78, 5) is 2.88. The molecule has 2 atom stereocenters. The fourth-order valence-corrected chi connectivity index (χ4v) is 8.86. The van der Waals surface area contributed by atoms with Crippen molar-refractivity contribution < 1.29 is 4.74 Å². The van der Waals surface area contributed by atoms with Crippen LogP contribution >= 0.6 is 22.0 Å². The van der Waals surface area contributed by atoms with Crippen LogP contribution in [0.15, 0.2) is 59.5 Å². The number of benzene rings is 2. The van der Waals surface area contributed by atoms with Crippen LogP contribution in [0, 0.1) is 3.82 Å². The number of nitrogens with zero attached hydrogens (tertiary/aromatic N) is 1. The van der Waals surface area contributed by atoms with E-state index in [1.165, 1.54) is 30.1 Å². The molecule has 0 amide bonds. The van der Waals surface area contributed by atoms with Crippen LogP contribution in [-0.4, -0.2) is 37.1 Å². The van der Waals surface area contributed by atoms with E-state index >= 15 is 0 Å². The standard InChI is InChI=1S/C27H33N3OS2/c1-19(2)25-16-21-17-29-23-9-5-7-11-26(23)33(27(21)32-25)30-15-14-28-22(18-30)13-12-20-8-4-6-10-24(20)31-3/h4-11,16-17,19,22,28-29H,12-15,18H2,1-3H3/t22-,33?/m0/s1. The largest absolute Gasteiger partial charge is 0.496 e. The normalized spacial score (nSPS) is 20.4. The molecular weight excluding hydrogens is 446 g/mol. The summed E-state index contributed by atoms with van der Waals surface area (Å²) in [5.41, 5.74) is 2.53. The average molecular weight is 480 g/mol. The van der Waals surface area contributed by atoms with Crippen LogP contribution in [0.5, 0.6) is 5.75 Å². The van der Waals surface area contributed by atoms with Crippen molar-refractivity contribution in [3.05, 3.63) is 74.1 Å². The number of nitrogens with one attached hydrogen (secondary N) is 2. The lowest BCUT2D eigenvalue weighted by atomic mass is 10.0. The van der Waals surface area contributed by atoms with E-state index in [1.54, 1.807) is 7.11 Å². The highest BCUT2D eigenvalue weighted by atomic mass is 32.2. The number of ether oxygens (including phenoxy) is 1. The Bertz CT molecular complexity index is 1250. The minimum atomic E-state index is -0.0754. The third-order valence-electron chi connectivity index (χ3n) is 6.40. The Hall–Kier alpha value is -2.12. The molecule has 2 aliphatic heterocycles. The molecule has 0 aliphatic carbocycles. The van der Waals surface area contributed by atoms with Gasteiger partial charge in [-0.3, -0.25) is 0 Å². The second-order valence-corrected chi connectivity index (χ2v) is 12.3. The van der Waals surface area contributed by atoms with Crippen LogP contribution in [0.4, 0.5) is 5.69 Å². The number of anilines is 1. The Morgan fingerprint density at radius 1 is 1.15 bits per heavy atom. The van der Waals surface area contributed by atoms with Crippen molar-refractivity contribution in [1.82, 2.24) is 9.62 Å². The van der Waals surface area contributed by atoms with Crippen molar-refractivity contribution in [2.24, 2.45) is 0 Å². The summed E-state index contributed by atoms with van der Waals surface area (Å²) in [5, 5.41) is 8.74. The minimum absolute atomic E-state index is 0.0754. The van der Waals surface area contributed by atoms with E-state index in [0.29, 0.717) is 12.0 Å². The molecule has 1 aromatic heterocycles. The molecule has 33 heavy (non-hydrogen) atoms. The van der Waals surface area contributed by atoms with Crippen molar-refractivity contribution in [3.8, 4) is 5.75 Å². The molecular formula is C27H33N3OS2. The predicted octanol–water partition coefficient (Wildman–Crippen LogP) is 5.44. The van der Waals surface area contributed by atoms with Crippen molar-refractivity contribution >= 4 is 33.9 Å². The lowest BCUT2D eigenvalue weighted by Gasteiger charge is -2.36. The predicted molar refractivity (Wildman–Crippen MR) is 142 cm³/mol. The van der Waals surface area contributed by atoms with Gasteiger partial charge in [-0.1, -0.05) is 54.8 Å². The number of aryl methyl sites for hydroxylation is 1. The van der Waals surface area contributed by atoms with Crippen LogP contribution in [0.1, 0.15) is 36.6 Å². The van der Waals surface area contributed by atoms with Gasteiger partial charge in [0.15, 0.2) is 0 Å². The maximum Gasteiger partial charge on any atom is 0.122 e. The van der Waals surface area contributed by atoms with Crippen molar-refractivity contribution in [2.75, 3.05) is 32.1 Å². The van der Waals surface area contributed by atoms with E-state index in [1.807, 2.05) is 17.4 Å². The molecule has 0 saturated carbocycles. The average Bonchev–Trinajstić information content (AvgIpc) is 3.20. The molecule has 2 aliphatic rings. The Kier molecular flexibility index (Phi) is 6.88. The molecule has 1 saturated heterocycles. The third-order valence-corrected chi connectivity index (χ3v) is 10.6. The van der Waals surface area contributed by atoms with Crippen LogP contribution < -0.4 is 20.6 Å². The fourth-order valence-electron chi connectivity index (χ4n) is 4.60. The first kappa shape index (κ1) is 22.7. The number of hydrogen-bond acceptors (Lipinski definition) is 5. The smallest absolute Gasteiger partial charge is 0.122 e. The van der Waals surface area contributed by atoms with Gasteiger partial charge in [0.1, 0.15) is 5.75 Å². The number of rotatable bonds is 6. The molecule has 3 heterocycles. The number of methoxy groups -OCH3 is 1. The van der Waals surface area contributed by atoms with Crippen LogP contribution in [0.25, 0.3) is 6.20 Å². The lowest BCUT2D eigenvalue weighted by Crippen LogP contribution is -2.48. The lowest BCUT2D eigenvalue weighted by molar-refractivity contribution is 0.307. The fraction of sp³-hybridized carbons (Fsp3) is 0.370. The summed E-state index contributed by atoms with van der Waals surface area (Å²) in [6.07, 6.45) is 4.34. The van der Waals surface area contributed by atoms with E-state index < -0.39 is 0 Å². The maximum absolute atomic E-state index is 5.58. The molecule has 1 unspecified atom stereocenters. The molecule has 1 fully saturated rings. The van der Waals surface area contributed by atoms with Gasteiger partial charge < -0.3 is 15.4 Å². The minimum Gasteiger partial charge on any atom is -0.496 e. The molecule has 174 valence electrons. The molecule has 2 aromatic carbocycles. The molecule has 0 radical (unpaired) electrons. The quantitative estimate of drug-likeness (QED) is 0.461. The Balaban J connectivity index is 1.47. The number of hydrogen-bond donors (Lipinski definition) is 2. The molecule has 2 N–H and O–H groups in total. The first-order valence-corrected chi connectivity index (χ1v) is 13.8. The topological polar surface area (TPSA) is 36.5 Å². The zero-order chi connectivity index (χ0) is 22.8. The maximum atomic E-state index is 5.58. The monoisotopic (exact) mass is 479 g/mol. The van der Waals surface area contributed by atoms with Crippen LogP contribution in [0.3, 0.4) is 0 Å². The van der Waals surface area contributed by atoms with E-state index in [-0.39, 0.29) is 10.7 Å². The van der Waals surface area contributed by atoms with Gasteiger partial charge in [0.05, 0.1) is 16.6 Å². The highest BCUT2D eigenvalue weighted by Crippen LogP contribution is 2.42. The number of piperazine rings is 1. The number of fused-ring (bicyclic) bond motifs is 2. The second kappa shape index (κ2) is 10.0. The summed E-state index contributed by atoms with van der Waals surface area (Å²) in [5.74, 6) is 1.54. The first-order chi connectivity index (χ1) is 16.1. The molecule has 5 rings (SSSR count). The van der Waals surface area contributed by atoms with E-state index in [0.717, 1.165) is 38.2 Å². The van der Waals surface area contributed by atoms with Gasteiger partial charge in [-0.15, -0.1) is 11.3 Å². The summed E-state index contributed by atoms with van der Waals surface area (Å²) >= 11 is 2.00. The summed E-state index contributed by atoms with van der Waals surface area (Å²) in [6.45, 7) is 7.74. The van der Waals surface area contributed by atoms with Gasteiger partial charge >= 0.3 is 0 Å². The van der Waals surface area contributed by atoms with Crippen LogP contribution in [-0.2, 0) is 6.42 Å². The molecule has 6 heteroatoms. The Labute approximate surface area is 203 Å². The highest BCUT2D eigenvalue weighted by molar-refractivity contribution is 8.08. The van der Waals surface area contributed by atoms with Crippen LogP contribution in [0.2, 0.25) is 0 Å². The Morgan fingerprint density at radius 2 is 1.97 bits per heavy atom. The highest BCUT2D eigenvalue weighted by Gasteiger charge is 2.25. The van der Waals surface area contributed by atoms with E-state index in [9.17, 15) is 0 Å². The Morgan fingerprint density at radius 3 is 2.82 bits per heavy atom. The summed E-state index contributed by atoms with van der Waals surface area (Å²) < 4.78 is 9.80. The van der Waals surface area contributed by atoms with Gasteiger partial charge in [-0.05, 0) is 48.6 Å². The zero-order valence-corrected chi connectivity index (χ0v) is 21.3. The van der Waals surface area contributed by atoms with E-state index in [2.05, 4.69) is 83.5 Å². The van der Waals surface area contributed by atoms with Crippen molar-refractivity contribution in [1.29, 1.82) is 0 Å². The molecule has 0 spiro atoms. The van der Waals surface area contributed by atoms with Crippen molar-refractivity contribution in [2.45, 2.75) is 43.5 Å². The molecule has 3 aromatic rings. The van der Waals surface area contributed by atoms with Gasteiger partial charge in [0.25, 0.3) is 0 Å². The van der Waals surface area contributed by atoms with E-state index in [4.69, 9.17) is 4.74 Å². The van der Waals surface area contributed by atoms with Gasteiger partial charge in [0, 0.05) is 46.9 Å². The molecule has 4 nitrogen and oxygen atoms in total. The van der Waals surface area contributed by atoms with Gasteiger partial charge in [-0.2, -0.15) is 0 Å². The number of para-hydroxylation sites is 2. The van der Waals surface area contributed by atoms with Gasteiger partial charge in [-0.25, -0.2) is 4.31 Å². The number of thiophene rings is 1. The zero-order valence-electron chi connectivity index (χ0n) is 19.6. The summed E-state index contributed by atoms with van der Waals surface area (Å²) in [6, 6.07) is 20.1. The second-order valence-electron chi connectivity index (χ2n) is 9.01.